The zero-order chi connectivity index (χ0) is 6.41. The Bertz CT molecular complexity index is 94.3. The molecule has 1 aliphatic rings. The second-order valence-corrected chi connectivity index (χ2v) is 3.08. The number of rotatable bonds is 1. The van der Waals surface area contributed by atoms with Crippen LogP contribution in [0.2, 0.25) is 0 Å². The molecule has 0 unspecified atom stereocenters. The third-order valence-corrected chi connectivity index (χ3v) is 1.87. The lowest BCUT2D eigenvalue weighted by atomic mass is 9.94. The lowest BCUT2D eigenvalue weighted by Crippen LogP contribution is -2.36. The van der Waals surface area contributed by atoms with Crippen molar-refractivity contribution in [3.63, 3.8) is 0 Å². The van der Waals surface area contributed by atoms with E-state index in [1.807, 2.05) is 6.92 Å². The van der Waals surface area contributed by atoms with Crippen LogP contribution in [0.4, 0.5) is 0 Å². The van der Waals surface area contributed by atoms with Crippen molar-refractivity contribution in [2.24, 2.45) is 0 Å². The van der Waals surface area contributed by atoms with Crippen molar-refractivity contribution in [1.29, 1.82) is 0 Å². The minimum atomic E-state index is -0.674. The van der Waals surface area contributed by atoms with Crippen LogP contribution in [0.25, 0.3) is 0 Å². The first-order valence-corrected chi connectivity index (χ1v) is 2.82. The molecular formula is C6H12O2. The van der Waals surface area contributed by atoms with E-state index in [1.54, 1.807) is 13.8 Å². The standard InChI is InChI=1S/C6H12O2/c1-5(2,7)6(3)4-8-6/h7H,4H2,1-3H3/t6-/m0/s1. The topological polar surface area (TPSA) is 32.8 Å². The highest BCUT2D eigenvalue weighted by molar-refractivity contribution is 5.00. The van der Waals surface area contributed by atoms with E-state index in [4.69, 9.17) is 4.74 Å². The summed E-state index contributed by atoms with van der Waals surface area (Å²) >= 11 is 0. The molecule has 1 rings (SSSR count). The third kappa shape index (κ3) is 0.740. The van der Waals surface area contributed by atoms with Crippen molar-refractivity contribution < 1.29 is 9.84 Å². The summed E-state index contributed by atoms with van der Waals surface area (Å²) in [5.41, 5.74) is -0.931. The van der Waals surface area contributed by atoms with Gasteiger partial charge in [0.05, 0.1) is 12.2 Å². The molecule has 0 aliphatic carbocycles. The van der Waals surface area contributed by atoms with Gasteiger partial charge in [-0.1, -0.05) is 0 Å². The zero-order valence-electron chi connectivity index (χ0n) is 5.56. The van der Waals surface area contributed by atoms with E-state index in [-0.39, 0.29) is 5.60 Å². The lowest BCUT2D eigenvalue weighted by molar-refractivity contribution is 0.00282. The first-order valence-electron chi connectivity index (χ1n) is 2.82. The molecule has 0 amide bonds. The Morgan fingerprint density at radius 2 is 2.00 bits per heavy atom. The first kappa shape index (κ1) is 6.05. The summed E-state index contributed by atoms with van der Waals surface area (Å²) in [6, 6.07) is 0. The van der Waals surface area contributed by atoms with Gasteiger partial charge in [-0.15, -0.1) is 0 Å². The van der Waals surface area contributed by atoms with Gasteiger partial charge in [0.1, 0.15) is 5.60 Å². The van der Waals surface area contributed by atoms with Crippen molar-refractivity contribution in [2.45, 2.75) is 32.0 Å². The summed E-state index contributed by atoms with van der Waals surface area (Å²) in [6.07, 6.45) is 0. The highest BCUT2D eigenvalue weighted by atomic mass is 16.6. The Balaban J connectivity index is 2.58. The number of epoxide rings is 1. The van der Waals surface area contributed by atoms with Crippen LogP contribution in [0.1, 0.15) is 20.8 Å². The molecule has 0 aromatic carbocycles. The molecular weight excluding hydrogens is 104 g/mol. The van der Waals surface area contributed by atoms with Gasteiger partial charge in [-0.05, 0) is 20.8 Å². The second kappa shape index (κ2) is 1.25. The molecule has 1 fully saturated rings. The molecule has 48 valence electrons. The maximum Gasteiger partial charge on any atom is 0.117 e. The van der Waals surface area contributed by atoms with Gasteiger partial charge in [0.2, 0.25) is 0 Å². The van der Waals surface area contributed by atoms with E-state index in [1.165, 1.54) is 0 Å². The molecule has 0 aromatic heterocycles. The van der Waals surface area contributed by atoms with Crippen LogP contribution in [0, 0.1) is 0 Å². The molecule has 1 aliphatic heterocycles. The summed E-state index contributed by atoms with van der Waals surface area (Å²) in [7, 11) is 0. The molecule has 1 atom stereocenters. The van der Waals surface area contributed by atoms with E-state index >= 15 is 0 Å². The van der Waals surface area contributed by atoms with E-state index in [2.05, 4.69) is 0 Å². The van der Waals surface area contributed by atoms with E-state index in [0.29, 0.717) is 6.61 Å². The minimum Gasteiger partial charge on any atom is -0.387 e. The van der Waals surface area contributed by atoms with Gasteiger partial charge in [0.25, 0.3) is 0 Å². The molecule has 0 spiro atoms. The maximum absolute atomic E-state index is 9.29. The van der Waals surface area contributed by atoms with Crippen LogP contribution in [0.5, 0.6) is 0 Å². The minimum absolute atomic E-state index is 0.257. The molecule has 0 radical (unpaired) electrons. The molecule has 2 heteroatoms. The van der Waals surface area contributed by atoms with E-state index < -0.39 is 5.60 Å². The Labute approximate surface area is 49.5 Å². The first-order chi connectivity index (χ1) is 3.46. The highest BCUT2D eigenvalue weighted by Crippen LogP contribution is 2.36. The fourth-order valence-electron chi connectivity index (χ4n) is 0.461. The largest absolute Gasteiger partial charge is 0.387 e. The normalized spacial score (nSPS) is 37.5. The third-order valence-electron chi connectivity index (χ3n) is 1.87. The highest BCUT2D eigenvalue weighted by Gasteiger charge is 2.51. The summed E-state index contributed by atoms with van der Waals surface area (Å²) in [4.78, 5) is 0. The number of aliphatic hydroxyl groups is 1. The smallest absolute Gasteiger partial charge is 0.117 e. The fraction of sp³-hybridized carbons (Fsp3) is 1.00. The van der Waals surface area contributed by atoms with Crippen molar-refractivity contribution in [2.75, 3.05) is 6.61 Å². The van der Waals surface area contributed by atoms with Gasteiger partial charge in [0, 0.05) is 0 Å². The van der Waals surface area contributed by atoms with Gasteiger partial charge in [0.15, 0.2) is 0 Å². The Morgan fingerprint density at radius 1 is 1.62 bits per heavy atom. The number of hydrogen-bond acceptors (Lipinski definition) is 2. The Hall–Kier alpha value is -0.0800. The molecule has 0 aromatic rings. The summed E-state index contributed by atoms with van der Waals surface area (Å²) < 4.78 is 5.01. The van der Waals surface area contributed by atoms with E-state index in [0.717, 1.165) is 0 Å². The Kier molecular flexibility index (Phi) is 0.946. The molecule has 1 saturated heterocycles. The van der Waals surface area contributed by atoms with Crippen LogP contribution < -0.4 is 0 Å². The summed E-state index contributed by atoms with van der Waals surface area (Å²) in [5, 5.41) is 9.29. The van der Waals surface area contributed by atoms with E-state index in [9.17, 15) is 5.11 Å². The van der Waals surface area contributed by atoms with Crippen LogP contribution in [0.3, 0.4) is 0 Å². The molecule has 1 N–H and O–H groups in total. The quantitative estimate of drug-likeness (QED) is 0.507. The molecule has 0 saturated carbocycles. The second-order valence-electron chi connectivity index (χ2n) is 3.08. The average molecular weight is 116 g/mol. The fourth-order valence-corrected chi connectivity index (χ4v) is 0.461. The predicted molar refractivity (Wildman–Crippen MR) is 30.7 cm³/mol. The summed E-state index contributed by atoms with van der Waals surface area (Å²) in [5.74, 6) is 0. The van der Waals surface area contributed by atoms with Crippen LogP contribution >= 0.6 is 0 Å². The molecule has 8 heavy (non-hydrogen) atoms. The SMILES string of the molecule is CC(C)(O)[C@]1(C)CO1. The zero-order valence-corrected chi connectivity index (χ0v) is 5.56. The molecule has 1 heterocycles. The summed E-state index contributed by atoms with van der Waals surface area (Å²) in [6.45, 7) is 6.13. The maximum atomic E-state index is 9.29. The lowest BCUT2D eigenvalue weighted by Gasteiger charge is -2.21. The predicted octanol–water partition coefficient (Wildman–Crippen LogP) is 0.546. The average Bonchev–Trinajstić information content (AvgIpc) is 2.16. The molecule has 2 nitrogen and oxygen atoms in total. The van der Waals surface area contributed by atoms with Crippen molar-refractivity contribution >= 4 is 0 Å². The van der Waals surface area contributed by atoms with Crippen LogP contribution in [-0.2, 0) is 4.74 Å². The van der Waals surface area contributed by atoms with Crippen LogP contribution in [-0.4, -0.2) is 22.9 Å². The number of hydrogen-bond donors (Lipinski definition) is 1. The number of ether oxygens (including phenoxy) is 1. The van der Waals surface area contributed by atoms with Gasteiger partial charge in [-0.3, -0.25) is 0 Å². The van der Waals surface area contributed by atoms with Gasteiger partial charge in [-0.25, -0.2) is 0 Å². The van der Waals surface area contributed by atoms with Crippen molar-refractivity contribution in [3.8, 4) is 0 Å². The van der Waals surface area contributed by atoms with Crippen molar-refractivity contribution in [1.82, 2.24) is 0 Å². The monoisotopic (exact) mass is 116 g/mol. The van der Waals surface area contributed by atoms with Crippen molar-refractivity contribution in [3.05, 3.63) is 0 Å². The van der Waals surface area contributed by atoms with Gasteiger partial charge >= 0.3 is 0 Å². The molecule has 0 bridgehead atoms. The van der Waals surface area contributed by atoms with Gasteiger partial charge in [-0.2, -0.15) is 0 Å². The Morgan fingerprint density at radius 3 is 2.00 bits per heavy atom. The van der Waals surface area contributed by atoms with Gasteiger partial charge < -0.3 is 9.84 Å². The van der Waals surface area contributed by atoms with Crippen LogP contribution in [0.15, 0.2) is 0 Å².